The van der Waals surface area contributed by atoms with Crippen molar-refractivity contribution in [3.05, 3.63) is 34.4 Å². The molecule has 7 nitrogen and oxygen atoms in total. The van der Waals surface area contributed by atoms with Gasteiger partial charge in [0.25, 0.3) is 5.69 Å². The number of piperidine rings is 1. The Morgan fingerprint density at radius 1 is 1.41 bits per heavy atom. The molecule has 0 aliphatic carbocycles. The van der Waals surface area contributed by atoms with Crippen LogP contribution in [0.1, 0.15) is 19.8 Å². The van der Waals surface area contributed by atoms with Gasteiger partial charge in [-0.3, -0.25) is 10.1 Å². The molecule has 1 heterocycles. The first kappa shape index (κ1) is 16.2. The Labute approximate surface area is 129 Å². The summed E-state index contributed by atoms with van der Waals surface area (Å²) < 4.78 is 0. The molecule has 0 unspecified atom stereocenters. The lowest BCUT2D eigenvalue weighted by Gasteiger charge is -2.32. The van der Waals surface area contributed by atoms with Gasteiger partial charge in [-0.25, -0.2) is 4.79 Å². The molecule has 1 saturated heterocycles. The Kier molecular flexibility index (Phi) is 5.71. The van der Waals surface area contributed by atoms with Crippen molar-refractivity contribution in [3.8, 4) is 0 Å². The van der Waals surface area contributed by atoms with E-state index >= 15 is 0 Å². The summed E-state index contributed by atoms with van der Waals surface area (Å²) in [6.07, 6.45) is 1.96. The number of nitrogens with zero attached hydrogens (tertiary/aromatic N) is 2. The highest BCUT2D eigenvalue weighted by atomic mass is 16.6. The van der Waals surface area contributed by atoms with Crippen LogP contribution >= 0.6 is 0 Å². The highest BCUT2D eigenvalue weighted by Gasteiger charge is 2.22. The fourth-order valence-corrected chi connectivity index (χ4v) is 2.59. The summed E-state index contributed by atoms with van der Waals surface area (Å²) in [6.45, 7) is 5.49. The molecule has 0 radical (unpaired) electrons. The van der Waals surface area contributed by atoms with E-state index in [2.05, 4.69) is 17.6 Å². The Hall–Kier alpha value is -2.15. The molecule has 0 saturated carbocycles. The summed E-state index contributed by atoms with van der Waals surface area (Å²) >= 11 is 0. The molecular weight excluding hydrogens is 284 g/mol. The second-order valence-electron chi connectivity index (χ2n) is 5.48. The summed E-state index contributed by atoms with van der Waals surface area (Å²) in [5.74, 6) is 0.613. The van der Waals surface area contributed by atoms with Crippen LogP contribution in [-0.2, 0) is 0 Å². The number of rotatable bonds is 5. The van der Waals surface area contributed by atoms with Gasteiger partial charge >= 0.3 is 6.03 Å². The number of benzene rings is 1. The molecule has 1 aliphatic heterocycles. The second kappa shape index (κ2) is 7.74. The zero-order valence-corrected chi connectivity index (χ0v) is 12.7. The lowest BCUT2D eigenvalue weighted by Crippen LogP contribution is -2.42. The zero-order valence-electron chi connectivity index (χ0n) is 12.7. The number of nitro groups is 1. The maximum atomic E-state index is 12.2. The van der Waals surface area contributed by atoms with Gasteiger partial charge in [0.1, 0.15) is 0 Å². The highest BCUT2D eigenvalue weighted by Crippen LogP contribution is 2.20. The van der Waals surface area contributed by atoms with Gasteiger partial charge in [-0.1, -0.05) is 13.0 Å². The molecule has 2 rings (SSSR count). The molecule has 1 aliphatic rings. The van der Waals surface area contributed by atoms with E-state index < -0.39 is 4.92 Å². The van der Waals surface area contributed by atoms with Gasteiger partial charge in [0, 0.05) is 30.9 Å². The minimum absolute atomic E-state index is 0.0258. The van der Waals surface area contributed by atoms with Gasteiger partial charge in [0.15, 0.2) is 0 Å². The topological polar surface area (TPSA) is 87.5 Å². The number of urea groups is 1. The molecule has 0 atom stereocenters. The Morgan fingerprint density at radius 2 is 2.14 bits per heavy atom. The number of non-ortho nitro benzene ring substituents is 1. The van der Waals surface area contributed by atoms with Crippen LogP contribution in [-0.4, -0.2) is 42.0 Å². The molecule has 1 fully saturated rings. The Balaban J connectivity index is 1.85. The highest BCUT2D eigenvalue weighted by molar-refractivity contribution is 5.89. The molecule has 0 bridgehead atoms. The fraction of sp³-hybridized carbons (Fsp3) is 0.533. The summed E-state index contributed by atoms with van der Waals surface area (Å²) in [5, 5.41) is 16.8. The SMILES string of the molecule is CCNCC1CCN(C(=O)Nc2cccc([N+](=O)[O-])c2)CC1. The average Bonchev–Trinajstić information content (AvgIpc) is 2.53. The molecule has 120 valence electrons. The molecule has 0 spiro atoms. The van der Waals surface area contributed by atoms with Crippen LogP contribution in [0.25, 0.3) is 0 Å². The van der Waals surface area contributed by atoms with Gasteiger partial charge in [0.2, 0.25) is 0 Å². The number of nitrogens with one attached hydrogen (secondary N) is 2. The van der Waals surface area contributed by atoms with Crippen molar-refractivity contribution >= 4 is 17.4 Å². The number of hydrogen-bond donors (Lipinski definition) is 2. The number of anilines is 1. The molecule has 2 N–H and O–H groups in total. The van der Waals surface area contributed by atoms with Crippen molar-refractivity contribution in [3.63, 3.8) is 0 Å². The molecule has 1 aromatic rings. The van der Waals surface area contributed by atoms with Crippen LogP contribution in [0, 0.1) is 16.0 Å². The van der Waals surface area contributed by atoms with E-state index in [9.17, 15) is 14.9 Å². The lowest BCUT2D eigenvalue weighted by molar-refractivity contribution is -0.384. The minimum Gasteiger partial charge on any atom is -0.325 e. The van der Waals surface area contributed by atoms with E-state index in [4.69, 9.17) is 0 Å². The van der Waals surface area contributed by atoms with Gasteiger partial charge in [-0.05, 0) is 37.9 Å². The summed E-state index contributed by atoms with van der Waals surface area (Å²) in [5.41, 5.74) is 0.427. The number of nitro benzene ring substituents is 1. The van der Waals surface area contributed by atoms with Crippen molar-refractivity contribution in [2.75, 3.05) is 31.5 Å². The molecular formula is C15H22N4O3. The molecule has 22 heavy (non-hydrogen) atoms. The maximum absolute atomic E-state index is 12.2. The van der Waals surface area contributed by atoms with Crippen LogP contribution < -0.4 is 10.6 Å². The Bertz CT molecular complexity index is 527. The zero-order chi connectivity index (χ0) is 15.9. The van der Waals surface area contributed by atoms with Crippen LogP contribution in [0.5, 0.6) is 0 Å². The number of likely N-dealkylation sites (tertiary alicyclic amines) is 1. The normalized spacial score (nSPS) is 15.6. The van der Waals surface area contributed by atoms with E-state index in [1.54, 1.807) is 17.0 Å². The smallest absolute Gasteiger partial charge is 0.321 e. The molecule has 0 aromatic heterocycles. The molecule has 7 heteroatoms. The second-order valence-corrected chi connectivity index (χ2v) is 5.48. The van der Waals surface area contributed by atoms with E-state index in [1.165, 1.54) is 12.1 Å². The van der Waals surface area contributed by atoms with Crippen molar-refractivity contribution in [1.82, 2.24) is 10.2 Å². The third-order valence-corrected chi connectivity index (χ3v) is 3.89. The van der Waals surface area contributed by atoms with Gasteiger partial charge in [-0.2, -0.15) is 0 Å². The van der Waals surface area contributed by atoms with Gasteiger partial charge in [-0.15, -0.1) is 0 Å². The van der Waals surface area contributed by atoms with Crippen LogP contribution in [0.3, 0.4) is 0 Å². The fourth-order valence-electron chi connectivity index (χ4n) is 2.59. The van der Waals surface area contributed by atoms with E-state index in [-0.39, 0.29) is 11.7 Å². The monoisotopic (exact) mass is 306 g/mol. The Morgan fingerprint density at radius 3 is 2.77 bits per heavy atom. The number of amides is 2. The van der Waals surface area contributed by atoms with Crippen LogP contribution in [0.2, 0.25) is 0 Å². The van der Waals surface area contributed by atoms with Crippen molar-refractivity contribution in [2.45, 2.75) is 19.8 Å². The van der Waals surface area contributed by atoms with Crippen LogP contribution in [0.15, 0.2) is 24.3 Å². The summed E-state index contributed by atoms with van der Waals surface area (Å²) in [4.78, 5) is 24.2. The van der Waals surface area contributed by atoms with Crippen molar-refractivity contribution < 1.29 is 9.72 Å². The van der Waals surface area contributed by atoms with Gasteiger partial charge < -0.3 is 15.5 Å². The maximum Gasteiger partial charge on any atom is 0.321 e. The summed E-state index contributed by atoms with van der Waals surface area (Å²) in [7, 11) is 0. The third-order valence-electron chi connectivity index (χ3n) is 3.89. The predicted molar refractivity (Wildman–Crippen MR) is 85.0 cm³/mol. The minimum atomic E-state index is -0.470. The average molecular weight is 306 g/mol. The number of carbonyl (C=O) groups excluding carboxylic acids is 1. The van der Waals surface area contributed by atoms with E-state index in [0.29, 0.717) is 11.6 Å². The van der Waals surface area contributed by atoms with E-state index in [0.717, 1.165) is 39.0 Å². The first-order valence-corrected chi connectivity index (χ1v) is 7.61. The first-order valence-electron chi connectivity index (χ1n) is 7.61. The largest absolute Gasteiger partial charge is 0.325 e. The number of carbonyl (C=O) groups is 1. The number of hydrogen-bond acceptors (Lipinski definition) is 4. The first-order chi connectivity index (χ1) is 10.6. The van der Waals surface area contributed by atoms with Crippen LogP contribution in [0.4, 0.5) is 16.2 Å². The molecule has 2 amide bonds. The van der Waals surface area contributed by atoms with Crippen molar-refractivity contribution in [2.24, 2.45) is 5.92 Å². The predicted octanol–water partition coefficient (Wildman–Crippen LogP) is 2.45. The summed E-state index contributed by atoms with van der Waals surface area (Å²) in [6, 6.07) is 5.80. The lowest BCUT2D eigenvalue weighted by atomic mass is 9.97. The third kappa shape index (κ3) is 4.42. The van der Waals surface area contributed by atoms with E-state index in [1.807, 2.05) is 0 Å². The van der Waals surface area contributed by atoms with Gasteiger partial charge in [0.05, 0.1) is 4.92 Å². The van der Waals surface area contributed by atoms with Crippen molar-refractivity contribution in [1.29, 1.82) is 0 Å². The standard InChI is InChI=1S/C15H22N4O3/c1-2-16-11-12-6-8-18(9-7-12)15(20)17-13-4-3-5-14(10-13)19(21)22/h3-5,10,12,16H,2,6-9,11H2,1H3,(H,17,20). The molecule has 1 aromatic carbocycles. The quantitative estimate of drug-likeness (QED) is 0.646.